The molecule has 0 saturated carbocycles. The Morgan fingerprint density at radius 1 is 0.889 bits per heavy atom. The maximum atomic E-state index is 13.6. The monoisotopic (exact) mass is 367 g/mol. The summed E-state index contributed by atoms with van der Waals surface area (Å²) in [7, 11) is 0. The van der Waals surface area contributed by atoms with Crippen LogP contribution in [-0.4, -0.2) is 20.4 Å². The molecular formula is C19H12F3N5. The smallest absolute Gasteiger partial charge is 0.373 e. The molecule has 27 heavy (non-hydrogen) atoms. The van der Waals surface area contributed by atoms with Gasteiger partial charge in [0.1, 0.15) is 5.69 Å². The fourth-order valence-electron chi connectivity index (χ4n) is 3.63. The van der Waals surface area contributed by atoms with E-state index in [0.717, 1.165) is 11.6 Å². The zero-order valence-electron chi connectivity index (χ0n) is 13.7. The number of benzene rings is 2. The topological polar surface area (TPSA) is 66.5 Å². The molecular weight excluding hydrogens is 355 g/mol. The summed E-state index contributed by atoms with van der Waals surface area (Å²) in [6.07, 6.45) is -2.79. The van der Waals surface area contributed by atoms with E-state index in [-0.39, 0.29) is 5.56 Å². The fraction of sp³-hybridized carbons (Fsp3) is 0.105. The van der Waals surface area contributed by atoms with E-state index in [1.54, 1.807) is 12.3 Å². The summed E-state index contributed by atoms with van der Waals surface area (Å²) in [5.74, 6) is 0. The minimum atomic E-state index is -4.46. The van der Waals surface area contributed by atoms with Crippen molar-refractivity contribution < 1.29 is 13.2 Å². The highest BCUT2D eigenvalue weighted by Crippen LogP contribution is 2.44. The second-order valence-electron chi connectivity index (χ2n) is 6.31. The van der Waals surface area contributed by atoms with Crippen LogP contribution < -0.4 is 5.32 Å². The van der Waals surface area contributed by atoms with Gasteiger partial charge in [0.15, 0.2) is 5.65 Å². The normalized spacial score (nSPS) is 15.9. The van der Waals surface area contributed by atoms with Crippen molar-refractivity contribution >= 4 is 16.7 Å². The maximum Gasteiger partial charge on any atom is 0.416 e. The molecule has 0 bridgehead atoms. The Labute approximate surface area is 151 Å². The lowest BCUT2D eigenvalue weighted by Gasteiger charge is -2.23. The van der Waals surface area contributed by atoms with Crippen LogP contribution in [0, 0.1) is 0 Å². The second-order valence-corrected chi connectivity index (χ2v) is 6.31. The van der Waals surface area contributed by atoms with Gasteiger partial charge in [-0.1, -0.05) is 36.4 Å². The third-order valence-corrected chi connectivity index (χ3v) is 4.79. The van der Waals surface area contributed by atoms with Gasteiger partial charge in [-0.05, 0) is 22.9 Å². The van der Waals surface area contributed by atoms with E-state index in [1.807, 2.05) is 24.3 Å². The Balaban J connectivity index is 1.84. The zero-order chi connectivity index (χ0) is 18.6. The Kier molecular flexibility index (Phi) is 3.24. The van der Waals surface area contributed by atoms with Gasteiger partial charge in [-0.25, -0.2) is 0 Å². The van der Waals surface area contributed by atoms with Crippen molar-refractivity contribution in [2.24, 2.45) is 0 Å². The maximum absolute atomic E-state index is 13.6. The number of fused-ring (bicyclic) bond motifs is 2. The summed E-state index contributed by atoms with van der Waals surface area (Å²) < 4.78 is 40.9. The number of para-hydroxylation sites is 1. The molecule has 5 rings (SSSR count). The molecule has 0 fully saturated rings. The number of aromatic amines is 1. The molecule has 2 aromatic heterocycles. The molecule has 2 N–H and O–H groups in total. The minimum absolute atomic E-state index is 0.144. The van der Waals surface area contributed by atoms with Gasteiger partial charge in [0, 0.05) is 23.0 Å². The molecule has 0 aliphatic carbocycles. The third kappa shape index (κ3) is 2.37. The molecule has 134 valence electrons. The van der Waals surface area contributed by atoms with Crippen molar-refractivity contribution in [3.8, 4) is 11.3 Å². The Hall–Kier alpha value is -3.42. The Morgan fingerprint density at radius 2 is 1.67 bits per heavy atom. The first-order valence-corrected chi connectivity index (χ1v) is 8.26. The number of alkyl halides is 3. The van der Waals surface area contributed by atoms with Gasteiger partial charge in [-0.2, -0.15) is 13.2 Å². The molecule has 4 aromatic rings. The first kappa shape index (κ1) is 15.8. The van der Waals surface area contributed by atoms with Crippen LogP contribution in [0.25, 0.3) is 22.3 Å². The predicted molar refractivity (Wildman–Crippen MR) is 94.0 cm³/mol. The molecule has 2 aromatic carbocycles. The highest BCUT2D eigenvalue weighted by atomic mass is 19.4. The van der Waals surface area contributed by atoms with E-state index >= 15 is 0 Å². The van der Waals surface area contributed by atoms with Gasteiger partial charge in [0.2, 0.25) is 0 Å². The molecule has 3 heterocycles. The predicted octanol–water partition coefficient (Wildman–Crippen LogP) is 4.55. The lowest BCUT2D eigenvalue weighted by molar-refractivity contribution is -0.138. The molecule has 1 aliphatic rings. The quantitative estimate of drug-likeness (QED) is 0.518. The average Bonchev–Trinajstić information content (AvgIpc) is 3.03. The van der Waals surface area contributed by atoms with Crippen molar-refractivity contribution in [3.05, 3.63) is 71.4 Å². The number of anilines is 1. The Morgan fingerprint density at radius 3 is 2.52 bits per heavy atom. The van der Waals surface area contributed by atoms with E-state index < -0.39 is 17.8 Å². The molecule has 1 atom stereocenters. The van der Waals surface area contributed by atoms with Crippen LogP contribution in [0.5, 0.6) is 0 Å². The van der Waals surface area contributed by atoms with E-state index in [9.17, 15) is 13.2 Å². The molecule has 8 heteroatoms. The van der Waals surface area contributed by atoms with Crippen molar-refractivity contribution in [2.45, 2.75) is 12.2 Å². The molecule has 1 unspecified atom stereocenters. The first-order valence-electron chi connectivity index (χ1n) is 8.26. The third-order valence-electron chi connectivity index (χ3n) is 4.79. The molecule has 0 radical (unpaired) electrons. The minimum Gasteiger partial charge on any atom is -0.373 e. The van der Waals surface area contributed by atoms with E-state index in [2.05, 4.69) is 25.7 Å². The van der Waals surface area contributed by atoms with Crippen LogP contribution >= 0.6 is 0 Å². The lowest BCUT2D eigenvalue weighted by atomic mass is 9.94. The van der Waals surface area contributed by atoms with Crippen LogP contribution in [0.1, 0.15) is 22.7 Å². The van der Waals surface area contributed by atoms with Crippen molar-refractivity contribution in [1.29, 1.82) is 0 Å². The highest BCUT2D eigenvalue weighted by Gasteiger charge is 2.37. The lowest BCUT2D eigenvalue weighted by Crippen LogP contribution is -2.17. The number of halogens is 3. The molecule has 5 nitrogen and oxygen atoms in total. The summed E-state index contributed by atoms with van der Waals surface area (Å²) in [6.45, 7) is 0. The summed E-state index contributed by atoms with van der Waals surface area (Å²) >= 11 is 0. The Bertz CT molecular complexity index is 1170. The number of nitrogens with zero attached hydrogens (tertiary/aromatic N) is 3. The number of hydrogen-bond donors (Lipinski definition) is 2. The molecule has 0 amide bonds. The largest absolute Gasteiger partial charge is 0.416 e. The van der Waals surface area contributed by atoms with Crippen LogP contribution in [0.2, 0.25) is 0 Å². The van der Waals surface area contributed by atoms with Gasteiger partial charge in [0.05, 0.1) is 17.0 Å². The molecule has 0 saturated heterocycles. The summed E-state index contributed by atoms with van der Waals surface area (Å²) in [5.41, 5.74) is 2.66. The van der Waals surface area contributed by atoms with Crippen molar-refractivity contribution in [1.82, 2.24) is 20.4 Å². The van der Waals surface area contributed by atoms with E-state index in [1.165, 1.54) is 12.1 Å². The van der Waals surface area contributed by atoms with Crippen LogP contribution in [0.3, 0.4) is 0 Å². The standard InChI is InChI=1S/C19H12F3N5/c20-19(21,22)13-7-3-1-5-10(13)16-12-9-23-18-15(12)17(25-27-26-18)11-6-2-4-8-14(11)24-16/h1-9,16,24H,(H,23,25,26). The molecule has 1 aliphatic heterocycles. The fourth-order valence-corrected chi connectivity index (χ4v) is 3.63. The van der Waals surface area contributed by atoms with Crippen LogP contribution in [0.15, 0.2) is 54.7 Å². The number of nitrogens with one attached hydrogen (secondary N) is 2. The van der Waals surface area contributed by atoms with Gasteiger partial charge in [0.25, 0.3) is 0 Å². The van der Waals surface area contributed by atoms with Crippen LogP contribution in [0.4, 0.5) is 18.9 Å². The average molecular weight is 367 g/mol. The number of hydrogen-bond acceptors (Lipinski definition) is 4. The van der Waals surface area contributed by atoms with Crippen molar-refractivity contribution in [3.63, 3.8) is 0 Å². The first-order chi connectivity index (χ1) is 13.0. The summed E-state index contributed by atoms with van der Waals surface area (Å²) in [4.78, 5) is 3.00. The molecule has 0 spiro atoms. The van der Waals surface area contributed by atoms with Crippen molar-refractivity contribution in [2.75, 3.05) is 5.32 Å². The van der Waals surface area contributed by atoms with E-state index in [4.69, 9.17) is 0 Å². The number of aromatic nitrogens is 4. The number of H-pyrrole nitrogens is 1. The zero-order valence-corrected chi connectivity index (χ0v) is 13.7. The van der Waals surface area contributed by atoms with Gasteiger partial charge >= 0.3 is 6.18 Å². The summed E-state index contributed by atoms with van der Waals surface area (Å²) in [5, 5.41) is 15.9. The second kappa shape index (κ2) is 5.54. The van der Waals surface area contributed by atoms with Gasteiger partial charge < -0.3 is 10.3 Å². The van der Waals surface area contributed by atoms with E-state index in [0.29, 0.717) is 28.0 Å². The van der Waals surface area contributed by atoms with Crippen LogP contribution in [-0.2, 0) is 6.18 Å². The SMILES string of the molecule is FC(F)(F)c1ccccc1C1Nc2ccccc2-c2nnnc3[nH]cc1c23. The van der Waals surface area contributed by atoms with Gasteiger partial charge in [-0.3, -0.25) is 0 Å². The number of rotatable bonds is 1. The van der Waals surface area contributed by atoms with Gasteiger partial charge in [-0.15, -0.1) is 10.2 Å². The summed E-state index contributed by atoms with van der Waals surface area (Å²) in [6, 6.07) is 12.2. The highest BCUT2D eigenvalue weighted by molar-refractivity contribution is 5.98.